The first kappa shape index (κ1) is 22.9. The van der Waals surface area contributed by atoms with Crippen LogP contribution in [0, 0.1) is 5.82 Å². The van der Waals surface area contributed by atoms with Crippen LogP contribution in [0.3, 0.4) is 0 Å². The van der Waals surface area contributed by atoms with Crippen molar-refractivity contribution in [1.82, 2.24) is 14.5 Å². The Hall–Kier alpha value is -3.23. The Morgan fingerprint density at radius 2 is 1.67 bits per heavy atom. The van der Waals surface area contributed by atoms with E-state index in [1.807, 2.05) is 48.5 Å². The Bertz CT molecular complexity index is 1340. The summed E-state index contributed by atoms with van der Waals surface area (Å²) in [5.74, 6) is 0.283. The smallest absolute Gasteiger partial charge is 0.214 e. The third-order valence-corrected chi connectivity index (χ3v) is 7.37. The lowest BCUT2D eigenvalue weighted by Gasteiger charge is -2.27. The summed E-state index contributed by atoms with van der Waals surface area (Å²) in [5, 5.41) is 4.72. The van der Waals surface area contributed by atoms with Gasteiger partial charge >= 0.3 is 0 Å². The first-order valence-corrected chi connectivity index (χ1v) is 12.3. The molecule has 33 heavy (non-hydrogen) atoms. The molecule has 0 spiro atoms. The quantitative estimate of drug-likeness (QED) is 0.396. The van der Waals surface area contributed by atoms with Crippen molar-refractivity contribution < 1.29 is 17.5 Å². The number of nitrogens with one attached hydrogen (secondary N) is 1. The standard InChI is InChI=1S/C25H26FN3O3S/c1-17(2)33(30,31)28-18(3)25(19-7-5-4-6-8-19)32-23-13-14-24-20(15-23)16-27-29(24)22-11-9-21(26)10-12-22/h4-18,25,28H,1-3H3. The van der Waals surface area contributed by atoms with Crippen LogP contribution in [0.15, 0.2) is 79.0 Å². The number of nitrogens with zero attached hydrogens (tertiary/aromatic N) is 2. The zero-order valence-electron chi connectivity index (χ0n) is 18.6. The van der Waals surface area contributed by atoms with Crippen LogP contribution in [-0.4, -0.2) is 29.5 Å². The van der Waals surface area contributed by atoms with Gasteiger partial charge in [0.25, 0.3) is 0 Å². The van der Waals surface area contributed by atoms with E-state index in [4.69, 9.17) is 4.74 Å². The Kier molecular flexibility index (Phi) is 6.49. The van der Waals surface area contributed by atoms with Gasteiger partial charge in [-0.2, -0.15) is 5.10 Å². The number of benzene rings is 3. The molecular formula is C25H26FN3O3S. The van der Waals surface area contributed by atoms with Gasteiger partial charge in [-0.05, 0) is 68.8 Å². The predicted octanol–water partition coefficient (Wildman–Crippen LogP) is 5.00. The summed E-state index contributed by atoms with van der Waals surface area (Å²) >= 11 is 0. The lowest BCUT2D eigenvalue weighted by atomic mass is 10.0. The van der Waals surface area contributed by atoms with Crippen LogP contribution >= 0.6 is 0 Å². The molecule has 0 saturated carbocycles. The molecular weight excluding hydrogens is 441 g/mol. The first-order valence-electron chi connectivity index (χ1n) is 10.7. The van der Waals surface area contributed by atoms with Crippen LogP contribution in [0.25, 0.3) is 16.6 Å². The molecule has 0 radical (unpaired) electrons. The topological polar surface area (TPSA) is 73.2 Å². The number of fused-ring (bicyclic) bond motifs is 1. The second-order valence-corrected chi connectivity index (χ2v) is 10.5. The largest absolute Gasteiger partial charge is 0.484 e. The number of halogens is 1. The third kappa shape index (κ3) is 5.07. The fraction of sp³-hybridized carbons (Fsp3) is 0.240. The summed E-state index contributed by atoms with van der Waals surface area (Å²) in [6.45, 7) is 5.07. The van der Waals surface area contributed by atoms with Gasteiger partial charge in [0, 0.05) is 5.39 Å². The molecule has 2 atom stereocenters. The second-order valence-electron chi connectivity index (χ2n) is 8.20. The minimum atomic E-state index is -3.48. The Morgan fingerprint density at radius 3 is 2.33 bits per heavy atom. The van der Waals surface area contributed by atoms with Crippen molar-refractivity contribution in [3.63, 3.8) is 0 Å². The zero-order valence-corrected chi connectivity index (χ0v) is 19.5. The summed E-state index contributed by atoms with van der Waals surface area (Å²) in [6.07, 6.45) is 1.18. The van der Waals surface area contributed by atoms with Gasteiger partial charge in [-0.25, -0.2) is 22.2 Å². The molecule has 0 bridgehead atoms. The molecule has 0 amide bonds. The van der Waals surface area contributed by atoms with E-state index in [2.05, 4.69) is 9.82 Å². The molecule has 1 heterocycles. The van der Waals surface area contributed by atoms with E-state index in [1.54, 1.807) is 43.8 Å². The van der Waals surface area contributed by atoms with E-state index in [0.717, 1.165) is 22.2 Å². The molecule has 2 unspecified atom stereocenters. The Balaban J connectivity index is 1.64. The molecule has 0 aliphatic carbocycles. The summed E-state index contributed by atoms with van der Waals surface area (Å²) < 4.78 is 49.0. The van der Waals surface area contributed by atoms with Crippen molar-refractivity contribution in [2.24, 2.45) is 0 Å². The van der Waals surface area contributed by atoms with Gasteiger partial charge in [-0.1, -0.05) is 30.3 Å². The van der Waals surface area contributed by atoms with Gasteiger partial charge in [0.1, 0.15) is 17.7 Å². The number of aromatic nitrogens is 2. The summed E-state index contributed by atoms with van der Waals surface area (Å²) in [7, 11) is -3.48. The van der Waals surface area contributed by atoms with E-state index < -0.39 is 27.4 Å². The highest BCUT2D eigenvalue weighted by molar-refractivity contribution is 7.90. The number of hydrogen-bond donors (Lipinski definition) is 1. The van der Waals surface area contributed by atoms with Crippen LogP contribution in [0.1, 0.15) is 32.4 Å². The van der Waals surface area contributed by atoms with Crippen LogP contribution in [-0.2, 0) is 10.0 Å². The molecule has 3 aromatic carbocycles. The number of ether oxygens (including phenoxy) is 1. The molecule has 0 saturated heterocycles. The maximum absolute atomic E-state index is 13.3. The van der Waals surface area contributed by atoms with Crippen molar-refractivity contribution in [2.75, 3.05) is 0 Å². The van der Waals surface area contributed by atoms with Gasteiger partial charge in [0.05, 0.1) is 28.7 Å². The van der Waals surface area contributed by atoms with Crippen molar-refractivity contribution in [3.05, 3.63) is 90.4 Å². The maximum Gasteiger partial charge on any atom is 0.214 e. The molecule has 172 valence electrons. The van der Waals surface area contributed by atoms with Crippen LogP contribution < -0.4 is 9.46 Å². The van der Waals surface area contributed by atoms with Gasteiger partial charge in [-0.15, -0.1) is 0 Å². The average Bonchev–Trinajstić information content (AvgIpc) is 3.21. The molecule has 0 aliphatic heterocycles. The average molecular weight is 468 g/mol. The molecule has 1 N–H and O–H groups in total. The summed E-state index contributed by atoms with van der Waals surface area (Å²) in [5.41, 5.74) is 2.45. The van der Waals surface area contributed by atoms with Crippen LogP contribution in [0.4, 0.5) is 4.39 Å². The summed E-state index contributed by atoms with van der Waals surface area (Å²) in [4.78, 5) is 0. The van der Waals surface area contributed by atoms with Gasteiger partial charge in [-0.3, -0.25) is 0 Å². The highest BCUT2D eigenvalue weighted by atomic mass is 32.2. The summed E-state index contributed by atoms with van der Waals surface area (Å²) in [6, 6.07) is 20.7. The first-order chi connectivity index (χ1) is 15.7. The molecule has 1 aromatic heterocycles. The highest BCUT2D eigenvalue weighted by Gasteiger charge is 2.27. The molecule has 4 aromatic rings. The van der Waals surface area contributed by atoms with Gasteiger partial charge in [0.15, 0.2) is 0 Å². The lowest BCUT2D eigenvalue weighted by Crippen LogP contribution is -2.42. The predicted molar refractivity (Wildman–Crippen MR) is 127 cm³/mol. The normalized spacial score (nSPS) is 13.8. The fourth-order valence-corrected chi connectivity index (χ4v) is 4.49. The minimum absolute atomic E-state index is 0.305. The fourth-order valence-electron chi connectivity index (χ4n) is 3.58. The molecule has 0 fully saturated rings. The third-order valence-electron chi connectivity index (χ3n) is 5.43. The van der Waals surface area contributed by atoms with Crippen LogP contribution in [0.5, 0.6) is 5.75 Å². The van der Waals surface area contributed by atoms with Crippen molar-refractivity contribution >= 4 is 20.9 Å². The maximum atomic E-state index is 13.3. The van der Waals surface area contributed by atoms with Crippen molar-refractivity contribution in [1.29, 1.82) is 0 Å². The van der Waals surface area contributed by atoms with E-state index >= 15 is 0 Å². The zero-order chi connectivity index (χ0) is 23.6. The Labute approximate surface area is 193 Å². The lowest BCUT2D eigenvalue weighted by molar-refractivity contribution is 0.173. The van der Waals surface area contributed by atoms with Gasteiger partial charge in [0.2, 0.25) is 10.0 Å². The van der Waals surface area contributed by atoms with E-state index in [0.29, 0.717) is 5.75 Å². The molecule has 8 heteroatoms. The van der Waals surface area contributed by atoms with E-state index in [-0.39, 0.29) is 5.82 Å². The van der Waals surface area contributed by atoms with E-state index in [1.165, 1.54) is 12.1 Å². The Morgan fingerprint density at radius 1 is 0.970 bits per heavy atom. The minimum Gasteiger partial charge on any atom is -0.484 e. The van der Waals surface area contributed by atoms with Crippen LogP contribution in [0.2, 0.25) is 0 Å². The highest BCUT2D eigenvalue weighted by Crippen LogP contribution is 2.29. The molecule has 0 aliphatic rings. The van der Waals surface area contributed by atoms with Crippen molar-refractivity contribution in [3.8, 4) is 11.4 Å². The molecule has 6 nitrogen and oxygen atoms in total. The van der Waals surface area contributed by atoms with Crippen molar-refractivity contribution in [2.45, 2.75) is 38.2 Å². The van der Waals surface area contributed by atoms with E-state index in [9.17, 15) is 12.8 Å². The SMILES string of the molecule is CC(NS(=O)(=O)C(C)C)C(Oc1ccc2c(cnn2-c2ccc(F)cc2)c1)c1ccccc1. The number of hydrogen-bond acceptors (Lipinski definition) is 4. The van der Waals surface area contributed by atoms with Gasteiger partial charge < -0.3 is 4.74 Å². The molecule has 4 rings (SSSR count). The monoisotopic (exact) mass is 467 g/mol. The second kappa shape index (κ2) is 9.33. The number of rotatable bonds is 8. The number of sulfonamides is 1.